The van der Waals surface area contributed by atoms with Gasteiger partial charge in [-0.1, -0.05) is 22.0 Å². The Labute approximate surface area is 104 Å². The van der Waals surface area contributed by atoms with Gasteiger partial charge in [0.2, 0.25) is 0 Å². The number of rotatable bonds is 2. The van der Waals surface area contributed by atoms with Crippen LogP contribution < -0.4 is 9.47 Å². The van der Waals surface area contributed by atoms with Crippen molar-refractivity contribution in [2.75, 3.05) is 14.2 Å². The molecule has 0 aromatic heterocycles. The van der Waals surface area contributed by atoms with Gasteiger partial charge in [-0.15, -0.1) is 0 Å². The van der Waals surface area contributed by atoms with Gasteiger partial charge in [0, 0.05) is 15.6 Å². The average Bonchev–Trinajstić information content (AvgIpc) is 2.51. The predicted molar refractivity (Wildman–Crippen MR) is 69.3 cm³/mol. The van der Waals surface area contributed by atoms with Gasteiger partial charge >= 0.3 is 0 Å². The van der Waals surface area contributed by atoms with Crippen molar-refractivity contribution in [3.8, 4) is 11.5 Å². The minimum absolute atomic E-state index is 0.837. The van der Waals surface area contributed by atoms with Gasteiger partial charge in [-0.25, -0.2) is 0 Å². The first-order valence-corrected chi connectivity index (χ1v) is 5.83. The van der Waals surface area contributed by atoms with Crippen LogP contribution in [0.15, 0.2) is 28.8 Å². The van der Waals surface area contributed by atoms with E-state index in [4.69, 9.17) is 9.47 Å². The molecule has 0 heterocycles. The van der Waals surface area contributed by atoms with Crippen LogP contribution in [0.5, 0.6) is 11.5 Å². The van der Waals surface area contributed by atoms with Crippen molar-refractivity contribution in [1.82, 2.24) is 0 Å². The molecular formula is C13H13BrO2. The summed E-state index contributed by atoms with van der Waals surface area (Å²) in [5.74, 6) is 1.78. The van der Waals surface area contributed by atoms with Crippen molar-refractivity contribution >= 4 is 22.0 Å². The van der Waals surface area contributed by atoms with E-state index in [0.29, 0.717) is 0 Å². The van der Waals surface area contributed by atoms with E-state index in [1.54, 1.807) is 14.2 Å². The highest BCUT2D eigenvalue weighted by atomic mass is 79.9. The maximum Gasteiger partial charge on any atom is 0.126 e. The second kappa shape index (κ2) is 4.74. The van der Waals surface area contributed by atoms with Crippen LogP contribution in [0, 0.1) is 0 Å². The van der Waals surface area contributed by atoms with Crippen LogP contribution in [-0.2, 0) is 6.42 Å². The predicted octanol–water partition coefficient (Wildman–Crippen LogP) is 3.55. The molecule has 0 unspecified atom stereocenters. The molecule has 84 valence electrons. The van der Waals surface area contributed by atoms with Gasteiger partial charge in [0.1, 0.15) is 11.5 Å². The molecule has 0 saturated heterocycles. The fourth-order valence-electron chi connectivity index (χ4n) is 1.82. The van der Waals surface area contributed by atoms with Crippen LogP contribution in [0.2, 0.25) is 0 Å². The Morgan fingerprint density at radius 3 is 2.44 bits per heavy atom. The zero-order chi connectivity index (χ0) is 11.5. The van der Waals surface area contributed by atoms with Crippen LogP contribution >= 0.6 is 15.9 Å². The molecule has 0 spiro atoms. The SMILES string of the molecule is COc1ccc(OC)c2c1C=CC(Br)=CC2. The largest absolute Gasteiger partial charge is 0.496 e. The second-order valence-electron chi connectivity index (χ2n) is 3.49. The van der Waals surface area contributed by atoms with E-state index in [2.05, 4.69) is 22.0 Å². The molecule has 0 fully saturated rings. The van der Waals surface area contributed by atoms with Gasteiger partial charge in [-0.3, -0.25) is 0 Å². The zero-order valence-corrected chi connectivity index (χ0v) is 10.9. The number of allylic oxidation sites excluding steroid dienone is 3. The summed E-state index contributed by atoms with van der Waals surface area (Å²) in [5, 5.41) is 0. The molecule has 0 atom stereocenters. The van der Waals surface area contributed by atoms with E-state index >= 15 is 0 Å². The molecule has 1 aliphatic carbocycles. The van der Waals surface area contributed by atoms with Crippen molar-refractivity contribution in [2.45, 2.75) is 6.42 Å². The van der Waals surface area contributed by atoms with Crippen molar-refractivity contribution in [3.05, 3.63) is 39.9 Å². The smallest absolute Gasteiger partial charge is 0.126 e. The van der Waals surface area contributed by atoms with Crippen molar-refractivity contribution in [1.29, 1.82) is 0 Å². The maximum atomic E-state index is 5.37. The zero-order valence-electron chi connectivity index (χ0n) is 9.29. The molecule has 0 aliphatic heterocycles. The van der Waals surface area contributed by atoms with Crippen molar-refractivity contribution in [3.63, 3.8) is 0 Å². The Morgan fingerprint density at radius 2 is 1.75 bits per heavy atom. The minimum Gasteiger partial charge on any atom is -0.496 e. The molecule has 2 rings (SSSR count). The van der Waals surface area contributed by atoms with E-state index in [-0.39, 0.29) is 0 Å². The molecule has 0 radical (unpaired) electrons. The number of hydrogen-bond acceptors (Lipinski definition) is 2. The van der Waals surface area contributed by atoms with E-state index in [1.165, 1.54) is 0 Å². The average molecular weight is 281 g/mol. The Kier molecular flexibility index (Phi) is 3.34. The van der Waals surface area contributed by atoms with E-state index in [1.807, 2.05) is 24.3 Å². The highest BCUT2D eigenvalue weighted by Crippen LogP contribution is 2.34. The normalized spacial score (nSPS) is 13.8. The van der Waals surface area contributed by atoms with Crippen LogP contribution in [0.1, 0.15) is 11.1 Å². The van der Waals surface area contributed by atoms with E-state index in [0.717, 1.165) is 33.5 Å². The lowest BCUT2D eigenvalue weighted by Gasteiger charge is -2.13. The van der Waals surface area contributed by atoms with Gasteiger partial charge in [0.25, 0.3) is 0 Å². The molecule has 1 aliphatic rings. The highest BCUT2D eigenvalue weighted by molar-refractivity contribution is 9.11. The molecule has 3 heteroatoms. The number of methoxy groups -OCH3 is 2. The summed E-state index contributed by atoms with van der Waals surface area (Å²) in [6.07, 6.45) is 7.02. The summed E-state index contributed by atoms with van der Waals surface area (Å²) in [7, 11) is 3.37. The van der Waals surface area contributed by atoms with Crippen LogP contribution in [0.4, 0.5) is 0 Å². The van der Waals surface area contributed by atoms with Gasteiger partial charge in [0.05, 0.1) is 14.2 Å². The Morgan fingerprint density at radius 1 is 1.06 bits per heavy atom. The van der Waals surface area contributed by atoms with E-state index < -0.39 is 0 Å². The molecule has 1 aromatic rings. The monoisotopic (exact) mass is 280 g/mol. The lowest BCUT2D eigenvalue weighted by Crippen LogP contribution is -1.97. The molecule has 0 bridgehead atoms. The van der Waals surface area contributed by atoms with Crippen molar-refractivity contribution < 1.29 is 9.47 Å². The third kappa shape index (κ3) is 2.00. The van der Waals surface area contributed by atoms with Gasteiger partial charge in [-0.2, -0.15) is 0 Å². The quantitative estimate of drug-likeness (QED) is 0.825. The summed E-state index contributed by atoms with van der Waals surface area (Å²) in [4.78, 5) is 0. The third-order valence-corrected chi connectivity index (χ3v) is 3.21. The first-order chi connectivity index (χ1) is 7.76. The van der Waals surface area contributed by atoms with E-state index in [9.17, 15) is 0 Å². The molecule has 2 nitrogen and oxygen atoms in total. The lowest BCUT2D eigenvalue weighted by atomic mass is 10.0. The molecule has 0 N–H and O–H groups in total. The molecule has 0 saturated carbocycles. The van der Waals surface area contributed by atoms with Crippen LogP contribution in [0.3, 0.4) is 0 Å². The van der Waals surface area contributed by atoms with Crippen LogP contribution in [-0.4, -0.2) is 14.2 Å². The van der Waals surface area contributed by atoms with Crippen LogP contribution in [0.25, 0.3) is 6.08 Å². The lowest BCUT2D eigenvalue weighted by molar-refractivity contribution is 0.399. The summed E-state index contributed by atoms with van der Waals surface area (Å²) >= 11 is 3.48. The topological polar surface area (TPSA) is 18.5 Å². The summed E-state index contributed by atoms with van der Waals surface area (Å²) < 4.78 is 11.8. The fourth-order valence-corrected chi connectivity index (χ4v) is 2.11. The van der Waals surface area contributed by atoms with Gasteiger partial charge in [-0.05, 0) is 30.7 Å². The number of ether oxygens (including phenoxy) is 2. The minimum atomic E-state index is 0.837. The Bertz CT molecular complexity index is 461. The third-order valence-electron chi connectivity index (χ3n) is 2.62. The summed E-state index contributed by atoms with van der Waals surface area (Å²) in [6, 6.07) is 3.87. The molecular weight excluding hydrogens is 268 g/mol. The Hall–Kier alpha value is -1.22. The number of fused-ring (bicyclic) bond motifs is 1. The number of benzene rings is 1. The Balaban J connectivity index is 2.60. The summed E-state index contributed by atoms with van der Waals surface area (Å²) in [6.45, 7) is 0. The number of halogens is 1. The first kappa shape index (κ1) is 11.3. The van der Waals surface area contributed by atoms with Crippen molar-refractivity contribution in [2.24, 2.45) is 0 Å². The van der Waals surface area contributed by atoms with Gasteiger partial charge in [0.15, 0.2) is 0 Å². The molecule has 1 aromatic carbocycles. The standard InChI is InChI=1S/C13H13BrO2/c1-15-12-7-8-13(16-2)11-6-4-9(14)3-5-10(11)12/h3-5,7-8H,6H2,1-2H3. The second-order valence-corrected chi connectivity index (χ2v) is 4.40. The fraction of sp³-hybridized carbons (Fsp3) is 0.231. The maximum absolute atomic E-state index is 5.37. The summed E-state index contributed by atoms with van der Waals surface area (Å²) in [5.41, 5.74) is 2.25. The highest BCUT2D eigenvalue weighted by Gasteiger charge is 2.13. The van der Waals surface area contributed by atoms with Gasteiger partial charge < -0.3 is 9.47 Å². The molecule has 0 amide bonds. The number of hydrogen-bond donors (Lipinski definition) is 0. The molecule has 16 heavy (non-hydrogen) atoms. The first-order valence-electron chi connectivity index (χ1n) is 5.04.